The first-order valence-electron chi connectivity index (χ1n) is 5.91. The Morgan fingerprint density at radius 3 is 2.41 bits per heavy atom. The summed E-state index contributed by atoms with van der Waals surface area (Å²) < 4.78 is 0. The largest absolute Gasteiger partial charge is 0.301 e. The van der Waals surface area contributed by atoms with E-state index < -0.39 is 0 Å². The van der Waals surface area contributed by atoms with Gasteiger partial charge in [-0.3, -0.25) is 0 Å². The average Bonchev–Trinajstić information content (AvgIpc) is 2.63. The number of rotatable bonds is 1. The molecule has 2 aliphatic carbocycles. The van der Waals surface area contributed by atoms with Crippen LogP contribution in [0.3, 0.4) is 0 Å². The molecule has 1 N–H and O–H groups in total. The molecule has 88 valence electrons. The molecular formula is C15H18N2. The zero-order valence-electron chi connectivity index (χ0n) is 10.4. The summed E-state index contributed by atoms with van der Waals surface area (Å²) in [6, 6.07) is 0. The molecule has 0 aromatic rings. The second kappa shape index (κ2) is 7.34. The average molecular weight is 226 g/mol. The highest BCUT2D eigenvalue weighted by molar-refractivity contribution is 6.17. The van der Waals surface area contributed by atoms with Crippen LogP contribution in [0.4, 0.5) is 0 Å². The van der Waals surface area contributed by atoms with Crippen LogP contribution >= 0.6 is 0 Å². The van der Waals surface area contributed by atoms with E-state index >= 15 is 0 Å². The molecular weight excluding hydrogens is 208 g/mol. The molecule has 0 spiro atoms. The molecule has 0 bridgehead atoms. The Balaban J connectivity index is 0.000000686. The molecule has 0 saturated carbocycles. The smallest absolute Gasteiger partial charge is 0.0638 e. The molecule has 17 heavy (non-hydrogen) atoms. The van der Waals surface area contributed by atoms with E-state index in [9.17, 15) is 0 Å². The predicted molar refractivity (Wildman–Crippen MR) is 75.8 cm³/mol. The molecule has 0 aromatic carbocycles. The van der Waals surface area contributed by atoms with Gasteiger partial charge in [-0.25, -0.2) is 4.99 Å². The van der Waals surface area contributed by atoms with E-state index in [1.807, 2.05) is 44.2 Å². The molecule has 2 heteroatoms. The first kappa shape index (κ1) is 13.1. The van der Waals surface area contributed by atoms with Gasteiger partial charge >= 0.3 is 0 Å². The Bertz CT molecular complexity index is 426. The predicted octanol–water partition coefficient (Wildman–Crippen LogP) is 4.00. The number of hydrogen-bond donors (Lipinski definition) is 1. The third kappa shape index (κ3) is 4.60. The van der Waals surface area contributed by atoms with E-state index in [1.165, 1.54) is 0 Å². The Morgan fingerprint density at radius 1 is 1.00 bits per heavy atom. The SMILES string of the molecule is CC.N=C1C=CC(=NC2=CC=CCC=C2)C=C1. The van der Waals surface area contributed by atoms with Crippen LogP contribution in [0, 0.1) is 5.41 Å². The highest BCUT2D eigenvalue weighted by Crippen LogP contribution is 2.08. The van der Waals surface area contributed by atoms with Gasteiger partial charge < -0.3 is 5.41 Å². The lowest BCUT2D eigenvalue weighted by molar-refractivity contribution is 1.37. The second-order valence-corrected chi connectivity index (χ2v) is 3.32. The van der Waals surface area contributed by atoms with Crippen LogP contribution in [-0.4, -0.2) is 11.4 Å². The van der Waals surface area contributed by atoms with Crippen molar-refractivity contribution in [1.29, 1.82) is 5.41 Å². The van der Waals surface area contributed by atoms with E-state index in [1.54, 1.807) is 12.2 Å². The first-order chi connectivity index (χ1) is 8.34. The number of aliphatic imine (C=N–C) groups is 1. The minimum absolute atomic E-state index is 0.513. The van der Waals surface area contributed by atoms with Crippen molar-refractivity contribution < 1.29 is 0 Å². The molecule has 0 saturated heterocycles. The summed E-state index contributed by atoms with van der Waals surface area (Å²) in [6.45, 7) is 4.00. The fourth-order valence-corrected chi connectivity index (χ4v) is 1.33. The fraction of sp³-hybridized carbons (Fsp3) is 0.200. The van der Waals surface area contributed by atoms with Crippen LogP contribution in [0.2, 0.25) is 0 Å². The van der Waals surface area contributed by atoms with E-state index in [-0.39, 0.29) is 0 Å². The standard InChI is InChI=1S/C13H12N2.C2H6/c14-11-7-9-13(10-8-11)15-12-5-3-1-2-4-6-12;1-2/h1,3-10,14H,2H2;1-2H3. The van der Waals surface area contributed by atoms with Gasteiger partial charge in [-0.15, -0.1) is 0 Å². The third-order valence-corrected chi connectivity index (χ3v) is 2.09. The molecule has 0 atom stereocenters. The van der Waals surface area contributed by atoms with Gasteiger partial charge in [0.25, 0.3) is 0 Å². The molecule has 0 aliphatic heterocycles. The summed E-state index contributed by atoms with van der Waals surface area (Å²) in [5.41, 5.74) is 2.35. The van der Waals surface area contributed by atoms with Crippen LogP contribution in [0.1, 0.15) is 20.3 Å². The molecule has 0 heterocycles. The maximum atomic E-state index is 7.36. The van der Waals surface area contributed by atoms with E-state index in [0.29, 0.717) is 5.71 Å². The van der Waals surface area contributed by atoms with Crippen LogP contribution in [0.15, 0.2) is 65.4 Å². The molecule has 0 amide bonds. The minimum Gasteiger partial charge on any atom is -0.301 e. The van der Waals surface area contributed by atoms with Crippen molar-refractivity contribution in [1.82, 2.24) is 0 Å². The van der Waals surface area contributed by atoms with Gasteiger partial charge in [0.05, 0.1) is 17.1 Å². The normalized spacial score (nSPS) is 17.2. The summed E-state index contributed by atoms with van der Waals surface area (Å²) in [7, 11) is 0. The van der Waals surface area contributed by atoms with E-state index in [2.05, 4.69) is 17.1 Å². The quantitative estimate of drug-likeness (QED) is 0.656. The van der Waals surface area contributed by atoms with Gasteiger partial charge in [0.15, 0.2) is 0 Å². The summed E-state index contributed by atoms with van der Waals surface area (Å²) in [5, 5.41) is 7.36. The molecule has 0 aromatic heterocycles. The van der Waals surface area contributed by atoms with Crippen LogP contribution in [-0.2, 0) is 0 Å². The lowest BCUT2D eigenvalue weighted by Crippen LogP contribution is -1.98. The van der Waals surface area contributed by atoms with Crippen molar-refractivity contribution in [2.24, 2.45) is 4.99 Å². The minimum atomic E-state index is 0.513. The van der Waals surface area contributed by atoms with Gasteiger partial charge in [-0.05, 0) is 42.9 Å². The van der Waals surface area contributed by atoms with Crippen molar-refractivity contribution >= 4 is 11.4 Å². The highest BCUT2D eigenvalue weighted by Gasteiger charge is 1.97. The van der Waals surface area contributed by atoms with Gasteiger partial charge in [0, 0.05) is 0 Å². The second-order valence-electron chi connectivity index (χ2n) is 3.32. The van der Waals surface area contributed by atoms with Crippen molar-refractivity contribution in [2.75, 3.05) is 0 Å². The Labute approximate surface area is 103 Å². The zero-order valence-corrected chi connectivity index (χ0v) is 10.4. The monoisotopic (exact) mass is 226 g/mol. The lowest BCUT2D eigenvalue weighted by Gasteiger charge is -2.00. The van der Waals surface area contributed by atoms with Gasteiger partial charge in [0.1, 0.15) is 0 Å². The number of hydrogen-bond acceptors (Lipinski definition) is 2. The van der Waals surface area contributed by atoms with Crippen LogP contribution < -0.4 is 0 Å². The summed E-state index contributed by atoms with van der Waals surface area (Å²) in [6.07, 6.45) is 18.3. The summed E-state index contributed by atoms with van der Waals surface area (Å²) in [5.74, 6) is 0. The molecule has 0 fully saturated rings. The lowest BCUT2D eigenvalue weighted by atomic mass is 10.1. The Kier molecular flexibility index (Phi) is 5.66. The number of nitrogens with one attached hydrogen (secondary N) is 1. The maximum absolute atomic E-state index is 7.36. The van der Waals surface area contributed by atoms with Crippen molar-refractivity contribution in [2.45, 2.75) is 20.3 Å². The van der Waals surface area contributed by atoms with Crippen molar-refractivity contribution in [3.63, 3.8) is 0 Å². The summed E-state index contributed by atoms with van der Waals surface area (Å²) in [4.78, 5) is 4.46. The summed E-state index contributed by atoms with van der Waals surface area (Å²) >= 11 is 0. The Morgan fingerprint density at radius 2 is 1.71 bits per heavy atom. The fourth-order valence-electron chi connectivity index (χ4n) is 1.33. The highest BCUT2D eigenvalue weighted by atomic mass is 14.7. The van der Waals surface area contributed by atoms with Crippen molar-refractivity contribution in [3.05, 3.63) is 60.4 Å². The first-order valence-corrected chi connectivity index (χ1v) is 5.91. The Hall–Kier alpha value is -1.96. The number of allylic oxidation sites excluding steroid dienone is 9. The van der Waals surface area contributed by atoms with Gasteiger partial charge in [-0.1, -0.05) is 32.1 Å². The molecule has 2 aliphatic rings. The van der Waals surface area contributed by atoms with E-state index in [0.717, 1.165) is 17.8 Å². The topological polar surface area (TPSA) is 36.2 Å². The van der Waals surface area contributed by atoms with Gasteiger partial charge in [0.2, 0.25) is 0 Å². The van der Waals surface area contributed by atoms with E-state index in [4.69, 9.17) is 5.41 Å². The molecule has 2 rings (SSSR count). The zero-order chi connectivity index (χ0) is 12.5. The molecule has 0 radical (unpaired) electrons. The van der Waals surface area contributed by atoms with Gasteiger partial charge in [-0.2, -0.15) is 0 Å². The molecule has 2 nitrogen and oxygen atoms in total. The molecule has 0 unspecified atom stereocenters. The van der Waals surface area contributed by atoms with Crippen molar-refractivity contribution in [3.8, 4) is 0 Å². The third-order valence-electron chi connectivity index (χ3n) is 2.09. The number of nitrogens with zero attached hydrogens (tertiary/aromatic N) is 1. The van der Waals surface area contributed by atoms with Crippen LogP contribution in [0.25, 0.3) is 0 Å². The maximum Gasteiger partial charge on any atom is 0.0638 e. The van der Waals surface area contributed by atoms with Crippen LogP contribution in [0.5, 0.6) is 0 Å².